The lowest BCUT2D eigenvalue weighted by Gasteiger charge is -2.13. The maximum Gasteiger partial charge on any atom is 0.221 e. The van der Waals surface area contributed by atoms with Gasteiger partial charge in [-0.15, -0.1) is 11.3 Å². The van der Waals surface area contributed by atoms with E-state index in [4.69, 9.17) is 9.47 Å². The highest BCUT2D eigenvalue weighted by Crippen LogP contribution is 2.30. The smallest absolute Gasteiger partial charge is 0.221 e. The van der Waals surface area contributed by atoms with Crippen LogP contribution in [-0.2, 0) is 11.3 Å². The van der Waals surface area contributed by atoms with Crippen LogP contribution in [0.15, 0.2) is 29.6 Å². The molecule has 2 aromatic rings. The second-order valence-corrected chi connectivity index (χ2v) is 5.36. The molecule has 1 aromatic heterocycles. The molecule has 0 radical (unpaired) electrons. The Kier molecular flexibility index (Phi) is 5.05. The third kappa shape index (κ3) is 3.88. The van der Waals surface area contributed by atoms with E-state index in [1.165, 1.54) is 6.92 Å². The van der Waals surface area contributed by atoms with Crippen molar-refractivity contribution in [2.45, 2.75) is 13.5 Å². The third-order valence-electron chi connectivity index (χ3n) is 2.90. The first-order valence-corrected chi connectivity index (χ1v) is 7.32. The highest BCUT2D eigenvalue weighted by Gasteiger charge is 2.08. The molecule has 0 atom stereocenters. The Morgan fingerprint density at radius 3 is 2.67 bits per heavy atom. The van der Waals surface area contributed by atoms with E-state index in [1.807, 2.05) is 29.6 Å². The van der Waals surface area contributed by atoms with E-state index in [9.17, 15) is 4.79 Å². The van der Waals surface area contributed by atoms with Gasteiger partial charge in [0, 0.05) is 17.9 Å². The summed E-state index contributed by atoms with van der Waals surface area (Å²) in [6.07, 6.45) is 0. The number of nitrogens with one attached hydrogen (secondary N) is 2. The third-order valence-corrected chi connectivity index (χ3v) is 3.82. The monoisotopic (exact) mass is 306 g/mol. The average Bonchev–Trinajstić information content (AvgIpc) is 2.91. The fourth-order valence-corrected chi connectivity index (χ4v) is 2.68. The number of carbonyl (C=O) groups excluding carboxylic acids is 1. The van der Waals surface area contributed by atoms with Gasteiger partial charge in [-0.05, 0) is 23.6 Å². The van der Waals surface area contributed by atoms with Gasteiger partial charge in [-0.3, -0.25) is 4.79 Å². The van der Waals surface area contributed by atoms with Gasteiger partial charge in [0.1, 0.15) is 11.5 Å². The van der Waals surface area contributed by atoms with E-state index < -0.39 is 0 Å². The van der Waals surface area contributed by atoms with Crippen molar-refractivity contribution in [1.82, 2.24) is 0 Å². The van der Waals surface area contributed by atoms with Gasteiger partial charge in [0.05, 0.1) is 32.1 Å². The Morgan fingerprint density at radius 2 is 2.00 bits per heavy atom. The molecule has 0 aliphatic rings. The highest BCUT2D eigenvalue weighted by atomic mass is 32.1. The van der Waals surface area contributed by atoms with Gasteiger partial charge in [0.2, 0.25) is 5.91 Å². The summed E-state index contributed by atoms with van der Waals surface area (Å²) < 4.78 is 10.5. The summed E-state index contributed by atoms with van der Waals surface area (Å²) in [5.74, 6) is 1.42. The van der Waals surface area contributed by atoms with Gasteiger partial charge in [0.15, 0.2) is 0 Å². The first-order chi connectivity index (χ1) is 10.1. The molecule has 0 fully saturated rings. The fraction of sp³-hybridized carbons (Fsp3) is 0.267. The van der Waals surface area contributed by atoms with E-state index in [-0.39, 0.29) is 5.91 Å². The lowest BCUT2D eigenvalue weighted by atomic mass is 10.2. The minimum absolute atomic E-state index is 0.0754. The number of rotatable bonds is 6. The quantitative estimate of drug-likeness (QED) is 0.859. The van der Waals surface area contributed by atoms with Crippen LogP contribution in [0.3, 0.4) is 0 Å². The zero-order valence-electron chi connectivity index (χ0n) is 12.2. The minimum atomic E-state index is -0.0754. The Balaban J connectivity index is 2.12. The van der Waals surface area contributed by atoms with Crippen molar-refractivity contribution in [2.24, 2.45) is 0 Å². The summed E-state index contributed by atoms with van der Waals surface area (Å²) in [7, 11) is 3.25. The van der Waals surface area contributed by atoms with Crippen LogP contribution < -0.4 is 20.1 Å². The molecule has 0 spiro atoms. The predicted molar refractivity (Wildman–Crippen MR) is 85.5 cm³/mol. The maximum absolute atomic E-state index is 11.2. The molecule has 112 valence electrons. The summed E-state index contributed by atoms with van der Waals surface area (Å²) in [5.41, 5.74) is 1.68. The van der Waals surface area contributed by atoms with Crippen LogP contribution in [0.2, 0.25) is 0 Å². The number of benzene rings is 1. The zero-order valence-corrected chi connectivity index (χ0v) is 13.0. The summed E-state index contributed by atoms with van der Waals surface area (Å²) in [5, 5.41) is 8.07. The van der Waals surface area contributed by atoms with E-state index in [0.29, 0.717) is 6.54 Å². The van der Waals surface area contributed by atoms with Crippen molar-refractivity contribution in [1.29, 1.82) is 0 Å². The molecule has 0 aliphatic carbocycles. The van der Waals surface area contributed by atoms with Crippen LogP contribution in [0.5, 0.6) is 11.5 Å². The van der Waals surface area contributed by atoms with Crippen LogP contribution in [0.25, 0.3) is 0 Å². The minimum Gasteiger partial charge on any atom is -0.497 e. The molecular formula is C15H18N2O3S. The molecule has 2 rings (SSSR count). The van der Waals surface area contributed by atoms with Crippen LogP contribution in [0.4, 0.5) is 11.4 Å². The standard InChI is InChI=1S/C15H18N2O3S/c1-10(18)17-12-6-7-21-15(12)9-16-13-8-11(19-2)4-5-14(13)20-3/h4-8,16H,9H2,1-3H3,(H,17,18). The van der Waals surface area contributed by atoms with Crippen molar-refractivity contribution in [3.05, 3.63) is 34.5 Å². The highest BCUT2D eigenvalue weighted by molar-refractivity contribution is 7.10. The van der Waals surface area contributed by atoms with Gasteiger partial charge in [0.25, 0.3) is 0 Å². The number of methoxy groups -OCH3 is 2. The van der Waals surface area contributed by atoms with Crippen molar-refractivity contribution < 1.29 is 14.3 Å². The molecule has 0 saturated heterocycles. The molecule has 0 bridgehead atoms. The number of anilines is 2. The molecule has 1 heterocycles. The number of amides is 1. The number of thiophene rings is 1. The molecule has 0 aliphatic heterocycles. The predicted octanol–water partition coefficient (Wildman–Crippen LogP) is 3.34. The van der Waals surface area contributed by atoms with E-state index >= 15 is 0 Å². The first kappa shape index (κ1) is 15.2. The molecule has 0 saturated carbocycles. The zero-order chi connectivity index (χ0) is 15.2. The fourth-order valence-electron chi connectivity index (χ4n) is 1.91. The number of ether oxygens (including phenoxy) is 2. The molecule has 1 amide bonds. The SMILES string of the molecule is COc1ccc(OC)c(NCc2sccc2NC(C)=O)c1. The number of hydrogen-bond donors (Lipinski definition) is 2. The second kappa shape index (κ2) is 6.99. The van der Waals surface area contributed by atoms with Gasteiger partial charge in [-0.2, -0.15) is 0 Å². The number of hydrogen-bond acceptors (Lipinski definition) is 5. The molecule has 6 heteroatoms. The van der Waals surface area contributed by atoms with Gasteiger partial charge in [-0.25, -0.2) is 0 Å². The molecule has 5 nitrogen and oxygen atoms in total. The summed E-state index contributed by atoms with van der Waals surface area (Å²) in [4.78, 5) is 12.2. The Morgan fingerprint density at radius 1 is 1.19 bits per heavy atom. The van der Waals surface area contributed by atoms with E-state index in [0.717, 1.165) is 27.8 Å². The van der Waals surface area contributed by atoms with Crippen LogP contribution in [0, 0.1) is 0 Å². The van der Waals surface area contributed by atoms with Crippen LogP contribution >= 0.6 is 11.3 Å². The van der Waals surface area contributed by atoms with Crippen molar-refractivity contribution in [2.75, 3.05) is 24.9 Å². The van der Waals surface area contributed by atoms with E-state index in [1.54, 1.807) is 25.6 Å². The van der Waals surface area contributed by atoms with Crippen LogP contribution in [0.1, 0.15) is 11.8 Å². The van der Waals surface area contributed by atoms with E-state index in [2.05, 4.69) is 10.6 Å². The second-order valence-electron chi connectivity index (χ2n) is 4.36. The number of carbonyl (C=O) groups is 1. The maximum atomic E-state index is 11.2. The molecular weight excluding hydrogens is 288 g/mol. The Bertz CT molecular complexity index is 625. The summed E-state index contributed by atoms with van der Waals surface area (Å²) >= 11 is 1.58. The molecule has 2 N–H and O–H groups in total. The lowest BCUT2D eigenvalue weighted by molar-refractivity contribution is -0.114. The Labute approximate surface area is 127 Å². The van der Waals surface area contributed by atoms with Crippen LogP contribution in [-0.4, -0.2) is 20.1 Å². The van der Waals surface area contributed by atoms with Gasteiger partial charge < -0.3 is 20.1 Å². The molecule has 21 heavy (non-hydrogen) atoms. The molecule has 1 aromatic carbocycles. The van der Waals surface area contributed by atoms with Gasteiger partial charge >= 0.3 is 0 Å². The molecule has 0 unspecified atom stereocenters. The van der Waals surface area contributed by atoms with Crippen molar-refractivity contribution in [3.63, 3.8) is 0 Å². The van der Waals surface area contributed by atoms with Crippen molar-refractivity contribution >= 4 is 28.6 Å². The van der Waals surface area contributed by atoms with Gasteiger partial charge in [-0.1, -0.05) is 0 Å². The van der Waals surface area contributed by atoms with Crippen molar-refractivity contribution in [3.8, 4) is 11.5 Å². The summed E-state index contributed by atoms with van der Waals surface area (Å²) in [6.45, 7) is 2.09. The first-order valence-electron chi connectivity index (χ1n) is 6.44. The Hall–Kier alpha value is -2.21. The average molecular weight is 306 g/mol. The lowest BCUT2D eigenvalue weighted by Crippen LogP contribution is -2.08. The largest absolute Gasteiger partial charge is 0.497 e. The normalized spacial score (nSPS) is 10.0. The summed E-state index contributed by atoms with van der Waals surface area (Å²) in [6, 6.07) is 7.47. The topological polar surface area (TPSA) is 59.6 Å².